The number of carbonyl (C=O) groups excluding carboxylic acids is 1. The van der Waals surface area contributed by atoms with Gasteiger partial charge in [-0.1, -0.05) is 72.8 Å². The van der Waals surface area contributed by atoms with Crippen LogP contribution in [0.5, 0.6) is 0 Å². The molecule has 0 saturated carbocycles. The van der Waals surface area contributed by atoms with Gasteiger partial charge in [0, 0.05) is 23.4 Å². The maximum atomic E-state index is 13.4. The van der Waals surface area contributed by atoms with Crippen LogP contribution in [0.25, 0.3) is 11.3 Å². The van der Waals surface area contributed by atoms with Crippen LogP contribution in [0.4, 0.5) is 10.5 Å². The Bertz CT molecular complexity index is 1270. The van der Waals surface area contributed by atoms with Crippen molar-refractivity contribution >= 4 is 17.7 Å². The molecule has 1 aromatic heterocycles. The second kappa shape index (κ2) is 10.6. The maximum absolute atomic E-state index is 13.4. The molecule has 0 aliphatic rings. The van der Waals surface area contributed by atoms with Gasteiger partial charge in [-0.2, -0.15) is 0 Å². The molecule has 176 valence electrons. The lowest BCUT2D eigenvalue weighted by atomic mass is 9.84. The van der Waals surface area contributed by atoms with E-state index >= 15 is 0 Å². The van der Waals surface area contributed by atoms with E-state index in [0.717, 1.165) is 27.9 Å². The average Bonchev–Trinajstić information content (AvgIpc) is 2.87. The Morgan fingerprint density at radius 2 is 1.40 bits per heavy atom. The van der Waals surface area contributed by atoms with E-state index in [4.69, 9.17) is 0 Å². The van der Waals surface area contributed by atoms with E-state index in [2.05, 4.69) is 20.6 Å². The lowest BCUT2D eigenvalue weighted by Gasteiger charge is -2.27. The number of benzene rings is 3. The quantitative estimate of drug-likeness (QED) is 0.349. The Kier molecular flexibility index (Phi) is 7.16. The lowest BCUT2D eigenvalue weighted by molar-refractivity contribution is -0.118. The second-order valence-electron chi connectivity index (χ2n) is 8.24. The highest BCUT2D eigenvalue weighted by atomic mass is 16.4. The molecule has 0 fully saturated rings. The standard InChI is InChI=1S/C28H26N4O3/c1-18-17-29-19(2)30-25(18)22-13-15-23(16-14-22)31-27(33)26(32-28(34)35)24(20-9-5-3-6-10-20)21-11-7-4-8-12-21/h3-17,24,26,32H,1-2H3,(H,31,33)(H,34,35)/t26-/m0/s1. The first-order valence-corrected chi connectivity index (χ1v) is 11.2. The molecule has 0 saturated heterocycles. The van der Waals surface area contributed by atoms with Gasteiger partial charge in [0.1, 0.15) is 11.9 Å². The predicted molar refractivity (Wildman–Crippen MR) is 135 cm³/mol. The van der Waals surface area contributed by atoms with E-state index in [9.17, 15) is 14.7 Å². The van der Waals surface area contributed by atoms with E-state index in [-0.39, 0.29) is 0 Å². The molecule has 4 rings (SSSR count). The molecule has 1 heterocycles. The molecular formula is C28H26N4O3. The molecule has 35 heavy (non-hydrogen) atoms. The van der Waals surface area contributed by atoms with Crippen molar-refractivity contribution in [1.82, 2.24) is 15.3 Å². The molecule has 1 atom stereocenters. The van der Waals surface area contributed by atoms with Crippen molar-refractivity contribution in [2.75, 3.05) is 5.32 Å². The number of hydrogen-bond acceptors (Lipinski definition) is 4. The fourth-order valence-corrected chi connectivity index (χ4v) is 4.09. The van der Waals surface area contributed by atoms with Crippen LogP contribution in [0, 0.1) is 13.8 Å². The molecule has 7 nitrogen and oxygen atoms in total. The van der Waals surface area contributed by atoms with E-state index in [1.807, 2.05) is 86.6 Å². The van der Waals surface area contributed by atoms with Crippen LogP contribution in [0.3, 0.4) is 0 Å². The van der Waals surface area contributed by atoms with Gasteiger partial charge in [0.15, 0.2) is 0 Å². The predicted octanol–water partition coefficient (Wildman–Crippen LogP) is 5.17. The minimum atomic E-state index is -1.27. The van der Waals surface area contributed by atoms with Crippen LogP contribution < -0.4 is 10.6 Å². The first-order valence-electron chi connectivity index (χ1n) is 11.2. The number of carbonyl (C=O) groups is 2. The molecule has 3 N–H and O–H groups in total. The summed E-state index contributed by atoms with van der Waals surface area (Å²) in [5, 5.41) is 14.9. The number of nitrogens with one attached hydrogen (secondary N) is 2. The summed E-state index contributed by atoms with van der Waals surface area (Å²) in [6, 6.07) is 25.1. The lowest BCUT2D eigenvalue weighted by Crippen LogP contribution is -2.47. The number of carboxylic acid groups (broad SMARTS) is 1. The van der Waals surface area contributed by atoms with Gasteiger partial charge in [-0.15, -0.1) is 0 Å². The van der Waals surface area contributed by atoms with Crippen LogP contribution in [-0.2, 0) is 4.79 Å². The Hall–Kier alpha value is -4.52. The normalized spacial score (nSPS) is 11.6. The van der Waals surface area contributed by atoms with Gasteiger partial charge in [0.25, 0.3) is 0 Å². The summed E-state index contributed by atoms with van der Waals surface area (Å²) in [6.45, 7) is 3.78. The minimum absolute atomic E-state index is 0.452. The van der Waals surface area contributed by atoms with E-state index in [1.54, 1.807) is 18.3 Å². The van der Waals surface area contributed by atoms with Crippen LogP contribution in [0.15, 0.2) is 91.1 Å². The van der Waals surface area contributed by atoms with E-state index < -0.39 is 24.0 Å². The van der Waals surface area contributed by atoms with Gasteiger partial charge < -0.3 is 15.7 Å². The van der Waals surface area contributed by atoms with Gasteiger partial charge in [-0.25, -0.2) is 14.8 Å². The summed E-state index contributed by atoms with van der Waals surface area (Å²) in [6.07, 6.45) is 0.509. The smallest absolute Gasteiger partial charge is 0.405 e. The summed E-state index contributed by atoms with van der Waals surface area (Å²) in [5.41, 5.74) is 4.90. The molecule has 2 amide bonds. The van der Waals surface area contributed by atoms with Crippen molar-refractivity contribution in [3.05, 3.63) is 114 Å². The number of rotatable bonds is 7. The molecule has 0 unspecified atom stereocenters. The zero-order valence-electron chi connectivity index (χ0n) is 19.5. The fraction of sp³-hybridized carbons (Fsp3) is 0.143. The average molecular weight is 467 g/mol. The first-order chi connectivity index (χ1) is 16.9. The molecule has 0 aliphatic heterocycles. The highest BCUT2D eigenvalue weighted by molar-refractivity contribution is 5.97. The highest BCUT2D eigenvalue weighted by Gasteiger charge is 2.32. The van der Waals surface area contributed by atoms with Crippen molar-refractivity contribution in [1.29, 1.82) is 0 Å². The maximum Gasteiger partial charge on any atom is 0.405 e. The van der Waals surface area contributed by atoms with Gasteiger partial charge in [-0.3, -0.25) is 4.79 Å². The van der Waals surface area contributed by atoms with Gasteiger partial charge in [0.2, 0.25) is 5.91 Å². The van der Waals surface area contributed by atoms with Crippen LogP contribution in [-0.4, -0.2) is 33.1 Å². The summed E-state index contributed by atoms with van der Waals surface area (Å²) >= 11 is 0. The third-order valence-corrected chi connectivity index (χ3v) is 5.73. The number of hydrogen-bond donors (Lipinski definition) is 3. The molecule has 7 heteroatoms. The van der Waals surface area contributed by atoms with Gasteiger partial charge in [0.05, 0.1) is 5.69 Å². The molecule has 3 aromatic carbocycles. The summed E-state index contributed by atoms with van der Waals surface area (Å²) in [7, 11) is 0. The van der Waals surface area contributed by atoms with Crippen molar-refractivity contribution in [3.63, 3.8) is 0 Å². The monoisotopic (exact) mass is 466 g/mol. The first kappa shape index (κ1) is 23.6. The Morgan fingerprint density at radius 1 is 0.829 bits per heavy atom. The number of nitrogens with zero attached hydrogens (tertiary/aromatic N) is 2. The molecular weight excluding hydrogens is 440 g/mol. The zero-order chi connectivity index (χ0) is 24.8. The number of anilines is 1. The highest BCUT2D eigenvalue weighted by Crippen LogP contribution is 2.29. The minimum Gasteiger partial charge on any atom is -0.465 e. The van der Waals surface area contributed by atoms with Crippen LogP contribution in [0.1, 0.15) is 28.4 Å². The zero-order valence-corrected chi connectivity index (χ0v) is 19.5. The van der Waals surface area contributed by atoms with Crippen molar-refractivity contribution < 1.29 is 14.7 Å². The number of aromatic nitrogens is 2. The third kappa shape index (κ3) is 5.70. The topological polar surface area (TPSA) is 104 Å². The molecule has 0 radical (unpaired) electrons. The van der Waals surface area contributed by atoms with Crippen molar-refractivity contribution in [3.8, 4) is 11.3 Å². The third-order valence-electron chi connectivity index (χ3n) is 5.73. The molecule has 0 bridgehead atoms. The molecule has 0 spiro atoms. The van der Waals surface area contributed by atoms with Crippen LogP contribution >= 0.6 is 0 Å². The molecule has 4 aromatic rings. The largest absolute Gasteiger partial charge is 0.465 e. The summed E-state index contributed by atoms with van der Waals surface area (Å²) < 4.78 is 0. The summed E-state index contributed by atoms with van der Waals surface area (Å²) in [5.74, 6) is -0.287. The number of amides is 2. The second-order valence-corrected chi connectivity index (χ2v) is 8.24. The summed E-state index contributed by atoms with van der Waals surface area (Å²) in [4.78, 5) is 33.8. The van der Waals surface area contributed by atoms with Crippen molar-refractivity contribution in [2.24, 2.45) is 0 Å². The molecule has 0 aliphatic carbocycles. The van der Waals surface area contributed by atoms with Gasteiger partial charge >= 0.3 is 6.09 Å². The Morgan fingerprint density at radius 3 is 1.94 bits per heavy atom. The van der Waals surface area contributed by atoms with E-state index in [0.29, 0.717) is 11.5 Å². The number of aryl methyl sites for hydroxylation is 2. The Labute approximate surface area is 203 Å². The van der Waals surface area contributed by atoms with Gasteiger partial charge in [-0.05, 0) is 42.7 Å². The van der Waals surface area contributed by atoms with E-state index in [1.165, 1.54) is 0 Å². The Balaban J connectivity index is 1.63. The SMILES string of the molecule is Cc1ncc(C)c(-c2ccc(NC(=O)[C@@H](NC(=O)O)C(c3ccccc3)c3ccccc3)cc2)n1. The van der Waals surface area contributed by atoms with Crippen LogP contribution in [0.2, 0.25) is 0 Å². The van der Waals surface area contributed by atoms with Crippen molar-refractivity contribution in [2.45, 2.75) is 25.8 Å². The fourth-order valence-electron chi connectivity index (χ4n) is 4.09.